The van der Waals surface area contributed by atoms with Gasteiger partial charge in [-0.15, -0.1) is 0 Å². The second kappa shape index (κ2) is 6.08. The molecule has 1 aromatic heterocycles. The van der Waals surface area contributed by atoms with Crippen molar-refractivity contribution in [1.82, 2.24) is 4.98 Å². The number of aryl methyl sites for hydroxylation is 1. The van der Waals surface area contributed by atoms with Crippen LogP contribution in [0.3, 0.4) is 0 Å². The normalized spacial score (nSPS) is 12.1. The van der Waals surface area contributed by atoms with Gasteiger partial charge in [0.25, 0.3) is 0 Å². The third kappa shape index (κ3) is 2.88. The van der Waals surface area contributed by atoms with Crippen molar-refractivity contribution in [1.29, 1.82) is 0 Å². The molecule has 1 unspecified atom stereocenters. The van der Waals surface area contributed by atoms with Crippen LogP contribution >= 0.6 is 0 Å². The quantitative estimate of drug-likeness (QED) is 0.587. The molecular weight excluding hydrogens is 290 g/mol. The maximum absolute atomic E-state index is 12.6. The van der Waals surface area contributed by atoms with Gasteiger partial charge in [0.1, 0.15) is 0 Å². The monoisotopic (exact) mass is 307 g/mol. The number of para-hydroxylation sites is 1. The Hall–Kier alpha value is -2.88. The van der Waals surface area contributed by atoms with Crippen LogP contribution in [0.5, 0.6) is 0 Å². The number of esters is 1. The van der Waals surface area contributed by atoms with Gasteiger partial charge in [-0.3, -0.25) is 4.79 Å². The molecule has 116 valence electrons. The van der Waals surface area contributed by atoms with Crippen molar-refractivity contribution in [2.75, 3.05) is 0 Å². The van der Waals surface area contributed by atoms with Gasteiger partial charge < -0.3 is 9.72 Å². The van der Waals surface area contributed by atoms with Gasteiger partial charge in [0.2, 0.25) is 5.78 Å². The highest BCUT2D eigenvalue weighted by Gasteiger charge is 2.23. The van der Waals surface area contributed by atoms with Crippen molar-refractivity contribution in [3.63, 3.8) is 0 Å². The lowest BCUT2D eigenvalue weighted by Crippen LogP contribution is -2.24. The van der Waals surface area contributed by atoms with E-state index in [2.05, 4.69) is 4.98 Å². The Labute approximate surface area is 134 Å². The molecule has 0 spiro atoms. The minimum absolute atomic E-state index is 0.218. The van der Waals surface area contributed by atoms with Gasteiger partial charge in [-0.2, -0.15) is 0 Å². The van der Waals surface area contributed by atoms with Crippen molar-refractivity contribution >= 4 is 22.7 Å². The second-order valence-corrected chi connectivity index (χ2v) is 5.47. The van der Waals surface area contributed by atoms with E-state index in [0.717, 1.165) is 16.5 Å². The molecule has 1 N–H and O–H groups in total. The summed E-state index contributed by atoms with van der Waals surface area (Å²) in [7, 11) is 0. The van der Waals surface area contributed by atoms with Gasteiger partial charge in [0, 0.05) is 22.7 Å². The summed E-state index contributed by atoms with van der Waals surface area (Å²) < 4.78 is 5.35. The molecule has 0 aliphatic carbocycles. The molecule has 3 rings (SSSR count). The Bertz CT molecular complexity index is 879. The zero-order chi connectivity index (χ0) is 16.4. The van der Waals surface area contributed by atoms with Crippen LogP contribution in [0.25, 0.3) is 10.9 Å². The molecule has 0 bridgehead atoms. The molecular formula is C19H17NO3. The lowest BCUT2D eigenvalue weighted by atomic mass is 10.1. The topological polar surface area (TPSA) is 59.2 Å². The SMILES string of the molecule is Cc1ccccc1C(=O)OC(C)C(=O)c1c[nH]c2ccccc12. The van der Waals surface area contributed by atoms with Crippen molar-refractivity contribution in [3.05, 3.63) is 71.4 Å². The summed E-state index contributed by atoms with van der Waals surface area (Å²) in [5.74, 6) is -0.701. The highest BCUT2D eigenvalue weighted by Crippen LogP contribution is 2.20. The predicted molar refractivity (Wildman–Crippen MR) is 88.7 cm³/mol. The fraction of sp³-hybridized carbons (Fsp3) is 0.158. The standard InChI is InChI=1S/C19H17NO3/c1-12-7-3-4-8-14(12)19(22)23-13(2)18(21)16-11-20-17-10-6-5-9-15(16)17/h3-11,13,20H,1-2H3. The number of carbonyl (C=O) groups excluding carboxylic acids is 2. The third-order valence-electron chi connectivity index (χ3n) is 3.87. The van der Waals surface area contributed by atoms with Crippen molar-refractivity contribution in [3.8, 4) is 0 Å². The minimum Gasteiger partial charge on any atom is -0.451 e. The summed E-state index contributed by atoms with van der Waals surface area (Å²) >= 11 is 0. The predicted octanol–water partition coefficient (Wildman–Crippen LogP) is 3.90. The molecule has 23 heavy (non-hydrogen) atoms. The van der Waals surface area contributed by atoms with Crippen LogP contribution in [0.1, 0.15) is 33.2 Å². The van der Waals surface area contributed by atoms with E-state index in [1.807, 2.05) is 43.3 Å². The Balaban J connectivity index is 1.80. The number of hydrogen-bond acceptors (Lipinski definition) is 3. The lowest BCUT2D eigenvalue weighted by molar-refractivity contribution is 0.0318. The number of fused-ring (bicyclic) bond motifs is 1. The molecule has 1 heterocycles. The first kappa shape index (κ1) is 15.0. The van der Waals surface area contributed by atoms with E-state index >= 15 is 0 Å². The molecule has 4 nitrogen and oxygen atoms in total. The molecule has 0 amide bonds. The van der Waals surface area contributed by atoms with Gasteiger partial charge in [0.05, 0.1) is 5.56 Å². The Morgan fingerprint density at radius 2 is 1.70 bits per heavy atom. The minimum atomic E-state index is -0.846. The highest BCUT2D eigenvalue weighted by molar-refractivity contribution is 6.10. The molecule has 2 aromatic carbocycles. The lowest BCUT2D eigenvalue weighted by Gasteiger charge is -2.13. The van der Waals surface area contributed by atoms with Crippen molar-refractivity contribution in [2.45, 2.75) is 20.0 Å². The molecule has 3 aromatic rings. The largest absolute Gasteiger partial charge is 0.451 e. The summed E-state index contributed by atoms with van der Waals surface area (Å²) in [6.45, 7) is 3.43. The zero-order valence-electron chi connectivity index (χ0n) is 13.0. The van der Waals surface area contributed by atoms with Gasteiger partial charge in [-0.1, -0.05) is 36.4 Å². The number of benzene rings is 2. The number of hydrogen-bond donors (Lipinski definition) is 1. The highest BCUT2D eigenvalue weighted by atomic mass is 16.5. The Morgan fingerprint density at radius 1 is 1.00 bits per heavy atom. The fourth-order valence-electron chi connectivity index (χ4n) is 2.57. The van der Waals surface area contributed by atoms with E-state index in [0.29, 0.717) is 11.1 Å². The number of nitrogens with one attached hydrogen (secondary N) is 1. The number of rotatable bonds is 4. The number of H-pyrrole nitrogens is 1. The number of ketones is 1. The third-order valence-corrected chi connectivity index (χ3v) is 3.87. The first-order valence-corrected chi connectivity index (χ1v) is 7.45. The van der Waals surface area contributed by atoms with Crippen LogP contribution in [0, 0.1) is 6.92 Å². The van der Waals surface area contributed by atoms with Crippen molar-refractivity contribution in [2.24, 2.45) is 0 Å². The number of aromatic nitrogens is 1. The maximum Gasteiger partial charge on any atom is 0.339 e. The van der Waals surface area contributed by atoms with Crippen LogP contribution < -0.4 is 0 Å². The van der Waals surface area contributed by atoms with Gasteiger partial charge in [-0.25, -0.2) is 4.79 Å². The van der Waals surface area contributed by atoms with E-state index in [1.165, 1.54) is 0 Å². The van der Waals surface area contributed by atoms with E-state index in [1.54, 1.807) is 25.3 Å². The van der Waals surface area contributed by atoms with Gasteiger partial charge in [-0.05, 0) is 31.5 Å². The maximum atomic E-state index is 12.6. The van der Waals surface area contributed by atoms with E-state index in [9.17, 15) is 9.59 Å². The van der Waals surface area contributed by atoms with Gasteiger partial charge >= 0.3 is 5.97 Å². The smallest absolute Gasteiger partial charge is 0.339 e. The molecule has 0 saturated carbocycles. The van der Waals surface area contributed by atoms with Gasteiger partial charge in [0.15, 0.2) is 6.10 Å². The fourth-order valence-corrected chi connectivity index (χ4v) is 2.57. The molecule has 0 aliphatic rings. The molecule has 4 heteroatoms. The average molecular weight is 307 g/mol. The summed E-state index contributed by atoms with van der Waals surface area (Å²) in [6, 6.07) is 14.7. The van der Waals surface area contributed by atoms with Crippen LogP contribution in [0.15, 0.2) is 54.7 Å². The first-order chi connectivity index (χ1) is 11.1. The second-order valence-electron chi connectivity index (χ2n) is 5.47. The number of ether oxygens (including phenoxy) is 1. The summed E-state index contributed by atoms with van der Waals surface area (Å²) in [4.78, 5) is 27.9. The number of carbonyl (C=O) groups is 2. The summed E-state index contributed by atoms with van der Waals surface area (Å²) in [5, 5.41) is 0.830. The molecule has 0 radical (unpaired) electrons. The van der Waals surface area contributed by atoms with Crippen LogP contribution in [0.4, 0.5) is 0 Å². The first-order valence-electron chi connectivity index (χ1n) is 7.45. The average Bonchev–Trinajstić information content (AvgIpc) is 2.98. The van der Waals surface area contributed by atoms with Crippen LogP contribution in [0.2, 0.25) is 0 Å². The molecule has 1 atom stereocenters. The van der Waals surface area contributed by atoms with E-state index in [4.69, 9.17) is 4.74 Å². The molecule has 0 aliphatic heterocycles. The van der Waals surface area contributed by atoms with Crippen LogP contribution in [-0.4, -0.2) is 22.8 Å². The molecule has 0 saturated heterocycles. The van der Waals surface area contributed by atoms with Crippen LogP contribution in [-0.2, 0) is 4.74 Å². The van der Waals surface area contributed by atoms with E-state index in [-0.39, 0.29) is 5.78 Å². The summed E-state index contributed by atoms with van der Waals surface area (Å²) in [5.41, 5.74) is 2.72. The zero-order valence-corrected chi connectivity index (χ0v) is 13.0. The van der Waals surface area contributed by atoms with Crippen molar-refractivity contribution < 1.29 is 14.3 Å². The molecule has 0 fully saturated rings. The van der Waals surface area contributed by atoms with E-state index < -0.39 is 12.1 Å². The number of Topliss-reactive ketones (excluding diaryl/α,β-unsaturated/α-hetero) is 1. The Morgan fingerprint density at radius 3 is 2.48 bits per heavy atom. The number of aromatic amines is 1. The Kier molecular flexibility index (Phi) is 3.98. The summed E-state index contributed by atoms with van der Waals surface area (Å²) in [6.07, 6.45) is 0.812.